The number of halogens is 1. The molecule has 24 heavy (non-hydrogen) atoms. The van der Waals surface area contributed by atoms with Crippen LogP contribution in [-0.4, -0.2) is 30.6 Å². The molecule has 2 aromatic carbocycles. The highest BCUT2D eigenvalue weighted by Crippen LogP contribution is 2.23. The molecule has 1 fully saturated rings. The minimum Gasteiger partial charge on any atom is -0.497 e. The van der Waals surface area contributed by atoms with E-state index in [4.69, 9.17) is 9.47 Å². The molecule has 3 rings (SSSR count). The van der Waals surface area contributed by atoms with Crippen molar-refractivity contribution >= 4 is 5.91 Å². The summed E-state index contributed by atoms with van der Waals surface area (Å²) in [5.74, 6) is 1.25. The van der Waals surface area contributed by atoms with E-state index in [2.05, 4.69) is 0 Å². The predicted molar refractivity (Wildman–Crippen MR) is 88.5 cm³/mol. The first-order valence-electron chi connectivity index (χ1n) is 7.96. The third kappa shape index (κ3) is 3.85. The molecule has 2 aromatic rings. The van der Waals surface area contributed by atoms with Gasteiger partial charge in [0.2, 0.25) is 5.91 Å². The Labute approximate surface area is 140 Å². The van der Waals surface area contributed by atoms with E-state index in [1.165, 1.54) is 12.1 Å². The Bertz CT molecular complexity index is 685. The molecule has 0 saturated carbocycles. The number of amides is 1. The number of likely N-dealkylation sites (tertiary alicyclic amines) is 1. The molecule has 1 heterocycles. The fourth-order valence-corrected chi connectivity index (χ4v) is 2.83. The van der Waals surface area contributed by atoms with Crippen LogP contribution in [0.25, 0.3) is 0 Å². The second-order valence-corrected chi connectivity index (χ2v) is 5.83. The van der Waals surface area contributed by atoms with Crippen LogP contribution in [0.15, 0.2) is 48.5 Å². The van der Waals surface area contributed by atoms with Gasteiger partial charge < -0.3 is 14.4 Å². The molecular formula is C19H20FNO3. The van der Waals surface area contributed by atoms with E-state index in [1.807, 2.05) is 29.2 Å². The zero-order valence-corrected chi connectivity index (χ0v) is 13.6. The molecule has 0 bridgehead atoms. The van der Waals surface area contributed by atoms with Crippen molar-refractivity contribution in [3.8, 4) is 11.5 Å². The van der Waals surface area contributed by atoms with E-state index in [-0.39, 0.29) is 17.8 Å². The number of hydrogen-bond donors (Lipinski definition) is 0. The zero-order valence-electron chi connectivity index (χ0n) is 13.6. The molecule has 1 unspecified atom stereocenters. The first-order chi connectivity index (χ1) is 11.7. The van der Waals surface area contributed by atoms with Gasteiger partial charge >= 0.3 is 0 Å². The monoisotopic (exact) mass is 329 g/mol. The Kier molecular flexibility index (Phi) is 4.99. The van der Waals surface area contributed by atoms with Crippen LogP contribution in [0.4, 0.5) is 4.39 Å². The number of carbonyl (C=O) groups excluding carboxylic acids is 1. The van der Waals surface area contributed by atoms with Crippen LogP contribution in [0.2, 0.25) is 0 Å². The lowest BCUT2D eigenvalue weighted by Gasteiger charge is -2.25. The van der Waals surface area contributed by atoms with Crippen LogP contribution in [0, 0.1) is 5.82 Å². The third-order valence-electron chi connectivity index (χ3n) is 4.22. The van der Waals surface area contributed by atoms with Crippen LogP contribution < -0.4 is 9.47 Å². The van der Waals surface area contributed by atoms with Gasteiger partial charge in [-0.25, -0.2) is 4.39 Å². The maximum atomic E-state index is 12.9. The highest BCUT2D eigenvalue weighted by molar-refractivity contribution is 5.78. The van der Waals surface area contributed by atoms with Crippen molar-refractivity contribution in [1.82, 2.24) is 4.90 Å². The van der Waals surface area contributed by atoms with Crippen LogP contribution in [0.1, 0.15) is 18.4 Å². The van der Waals surface area contributed by atoms with Gasteiger partial charge in [0.1, 0.15) is 23.9 Å². The fourth-order valence-electron chi connectivity index (χ4n) is 2.83. The van der Waals surface area contributed by atoms with Gasteiger partial charge in [-0.1, -0.05) is 12.1 Å². The largest absolute Gasteiger partial charge is 0.497 e. The van der Waals surface area contributed by atoms with Crippen molar-refractivity contribution in [3.05, 3.63) is 59.9 Å². The normalized spacial score (nSPS) is 17.2. The van der Waals surface area contributed by atoms with Gasteiger partial charge in [-0.05, 0) is 48.4 Å². The zero-order chi connectivity index (χ0) is 16.9. The van der Waals surface area contributed by atoms with Crippen molar-refractivity contribution in [2.24, 2.45) is 0 Å². The lowest BCUT2D eigenvalue weighted by Crippen LogP contribution is -2.36. The molecule has 1 saturated heterocycles. The van der Waals surface area contributed by atoms with Crippen molar-refractivity contribution in [2.75, 3.05) is 13.7 Å². The van der Waals surface area contributed by atoms with Gasteiger partial charge in [0.05, 0.1) is 13.2 Å². The molecule has 126 valence electrons. The van der Waals surface area contributed by atoms with E-state index < -0.39 is 0 Å². The molecule has 0 radical (unpaired) electrons. The highest BCUT2D eigenvalue weighted by Gasteiger charge is 2.31. The van der Waals surface area contributed by atoms with Gasteiger partial charge in [0.25, 0.3) is 0 Å². The SMILES string of the molecule is COc1ccc(CN2C(=O)CCC2COc2ccc(F)cc2)cc1. The first kappa shape index (κ1) is 16.3. The number of hydrogen-bond acceptors (Lipinski definition) is 3. The summed E-state index contributed by atoms with van der Waals surface area (Å²) < 4.78 is 23.8. The maximum Gasteiger partial charge on any atom is 0.223 e. The Morgan fingerprint density at radius 1 is 1.08 bits per heavy atom. The van der Waals surface area contributed by atoms with Gasteiger partial charge in [-0.3, -0.25) is 4.79 Å². The average Bonchev–Trinajstić information content (AvgIpc) is 2.95. The number of carbonyl (C=O) groups is 1. The highest BCUT2D eigenvalue weighted by atomic mass is 19.1. The Balaban J connectivity index is 1.61. The van der Waals surface area contributed by atoms with E-state index >= 15 is 0 Å². The van der Waals surface area contributed by atoms with E-state index in [1.54, 1.807) is 19.2 Å². The lowest BCUT2D eigenvalue weighted by atomic mass is 10.2. The summed E-state index contributed by atoms with van der Waals surface area (Å²) in [6, 6.07) is 13.7. The van der Waals surface area contributed by atoms with E-state index in [0.29, 0.717) is 25.3 Å². The standard InChI is InChI=1S/C19H20FNO3/c1-23-17-7-2-14(3-8-17)12-21-16(6-11-19(21)22)13-24-18-9-4-15(20)5-10-18/h2-5,7-10,16H,6,11-13H2,1H3. The third-order valence-corrected chi connectivity index (χ3v) is 4.22. The number of ether oxygens (including phenoxy) is 2. The lowest BCUT2D eigenvalue weighted by molar-refractivity contribution is -0.129. The molecule has 4 nitrogen and oxygen atoms in total. The van der Waals surface area contributed by atoms with Crippen LogP contribution in [0.5, 0.6) is 11.5 Å². The first-order valence-corrected chi connectivity index (χ1v) is 7.96. The quantitative estimate of drug-likeness (QED) is 0.815. The maximum absolute atomic E-state index is 12.9. The van der Waals surface area contributed by atoms with Crippen LogP contribution in [0.3, 0.4) is 0 Å². The second-order valence-electron chi connectivity index (χ2n) is 5.83. The van der Waals surface area contributed by atoms with Gasteiger partial charge in [0, 0.05) is 13.0 Å². The second kappa shape index (κ2) is 7.34. The topological polar surface area (TPSA) is 38.8 Å². The van der Waals surface area contributed by atoms with Gasteiger partial charge in [0.15, 0.2) is 0 Å². The molecule has 1 amide bonds. The average molecular weight is 329 g/mol. The summed E-state index contributed by atoms with van der Waals surface area (Å²) in [6.45, 7) is 0.966. The molecule has 0 aliphatic carbocycles. The summed E-state index contributed by atoms with van der Waals surface area (Å²) in [5.41, 5.74) is 1.05. The van der Waals surface area contributed by atoms with Crippen molar-refractivity contribution < 1.29 is 18.7 Å². The summed E-state index contributed by atoms with van der Waals surface area (Å²) in [5, 5.41) is 0. The number of nitrogens with zero attached hydrogens (tertiary/aromatic N) is 1. The van der Waals surface area contributed by atoms with E-state index in [9.17, 15) is 9.18 Å². The summed E-state index contributed by atoms with van der Waals surface area (Å²) >= 11 is 0. The summed E-state index contributed by atoms with van der Waals surface area (Å²) in [4.78, 5) is 14.0. The summed E-state index contributed by atoms with van der Waals surface area (Å²) in [7, 11) is 1.63. The summed E-state index contributed by atoms with van der Waals surface area (Å²) in [6.07, 6.45) is 1.31. The number of methoxy groups -OCH3 is 1. The number of benzene rings is 2. The van der Waals surface area contributed by atoms with Crippen LogP contribution >= 0.6 is 0 Å². The molecule has 5 heteroatoms. The fraction of sp³-hybridized carbons (Fsp3) is 0.316. The smallest absolute Gasteiger partial charge is 0.223 e. The van der Waals surface area contributed by atoms with E-state index in [0.717, 1.165) is 17.7 Å². The van der Waals surface area contributed by atoms with Gasteiger partial charge in [-0.15, -0.1) is 0 Å². The molecule has 0 spiro atoms. The molecule has 0 aromatic heterocycles. The van der Waals surface area contributed by atoms with Crippen molar-refractivity contribution in [1.29, 1.82) is 0 Å². The molecule has 1 aliphatic rings. The Morgan fingerprint density at radius 2 is 1.75 bits per heavy atom. The molecule has 0 N–H and O–H groups in total. The predicted octanol–water partition coefficient (Wildman–Crippen LogP) is 3.40. The molecule has 1 atom stereocenters. The molecular weight excluding hydrogens is 309 g/mol. The number of rotatable bonds is 6. The Hall–Kier alpha value is -2.56. The van der Waals surface area contributed by atoms with Crippen LogP contribution in [-0.2, 0) is 11.3 Å². The Morgan fingerprint density at radius 3 is 2.42 bits per heavy atom. The van der Waals surface area contributed by atoms with Crippen molar-refractivity contribution in [3.63, 3.8) is 0 Å². The van der Waals surface area contributed by atoms with Crippen molar-refractivity contribution in [2.45, 2.75) is 25.4 Å². The minimum atomic E-state index is -0.292. The molecule has 1 aliphatic heterocycles. The minimum absolute atomic E-state index is 0.0321. The van der Waals surface area contributed by atoms with Gasteiger partial charge in [-0.2, -0.15) is 0 Å².